The standard InChI is InChI=1S/C22H17FN4OS/c1-14-7-8-18(25-21(28)15-4-2-6-17(23)10-15)11-19(14)26-22-27-20(13-29-22)16-5-3-9-24-12-16/h2-13H,1H3,(H,25,28)(H,26,27). The maximum Gasteiger partial charge on any atom is 0.255 e. The number of aromatic nitrogens is 2. The van der Waals surface area contributed by atoms with Crippen LogP contribution in [0, 0.1) is 12.7 Å². The van der Waals surface area contributed by atoms with Crippen molar-refractivity contribution in [2.75, 3.05) is 10.6 Å². The van der Waals surface area contributed by atoms with Crippen LogP contribution in [-0.4, -0.2) is 15.9 Å². The quantitative estimate of drug-likeness (QED) is 0.451. The number of hydrogen-bond acceptors (Lipinski definition) is 5. The largest absolute Gasteiger partial charge is 0.331 e. The summed E-state index contributed by atoms with van der Waals surface area (Å²) < 4.78 is 13.4. The monoisotopic (exact) mass is 404 g/mol. The highest BCUT2D eigenvalue weighted by Gasteiger charge is 2.10. The van der Waals surface area contributed by atoms with Crippen LogP contribution in [-0.2, 0) is 0 Å². The van der Waals surface area contributed by atoms with Crippen molar-refractivity contribution in [1.29, 1.82) is 0 Å². The van der Waals surface area contributed by atoms with E-state index >= 15 is 0 Å². The first kappa shape index (κ1) is 18.8. The predicted molar refractivity (Wildman–Crippen MR) is 114 cm³/mol. The summed E-state index contributed by atoms with van der Waals surface area (Å²) in [7, 11) is 0. The summed E-state index contributed by atoms with van der Waals surface area (Å²) in [6, 6.07) is 15.0. The normalized spacial score (nSPS) is 10.6. The predicted octanol–water partition coefficient (Wildman–Crippen LogP) is 5.65. The molecule has 4 aromatic rings. The highest BCUT2D eigenvalue weighted by atomic mass is 32.1. The third-order valence-electron chi connectivity index (χ3n) is 4.29. The molecule has 0 fully saturated rings. The third-order valence-corrected chi connectivity index (χ3v) is 5.04. The van der Waals surface area contributed by atoms with Crippen LogP contribution in [0.25, 0.3) is 11.3 Å². The number of benzene rings is 2. The summed E-state index contributed by atoms with van der Waals surface area (Å²) in [5, 5.41) is 8.80. The molecule has 2 heterocycles. The van der Waals surface area contributed by atoms with E-state index in [1.807, 2.05) is 36.6 Å². The molecule has 0 unspecified atom stereocenters. The fraction of sp³-hybridized carbons (Fsp3) is 0.0455. The summed E-state index contributed by atoms with van der Waals surface area (Å²) in [5.41, 5.74) is 4.50. The topological polar surface area (TPSA) is 66.9 Å². The van der Waals surface area contributed by atoms with E-state index in [4.69, 9.17) is 0 Å². The van der Waals surface area contributed by atoms with Gasteiger partial charge in [-0.1, -0.05) is 12.1 Å². The van der Waals surface area contributed by atoms with E-state index in [1.165, 1.54) is 29.5 Å². The Labute approximate surface area is 171 Å². The molecule has 0 bridgehead atoms. The Bertz CT molecular complexity index is 1160. The van der Waals surface area contributed by atoms with Crippen molar-refractivity contribution in [3.63, 3.8) is 0 Å². The lowest BCUT2D eigenvalue weighted by Crippen LogP contribution is -2.12. The minimum absolute atomic E-state index is 0.265. The van der Waals surface area contributed by atoms with Gasteiger partial charge in [-0.15, -0.1) is 11.3 Å². The molecule has 7 heteroatoms. The first-order valence-electron chi connectivity index (χ1n) is 8.89. The Hall–Kier alpha value is -3.58. The van der Waals surface area contributed by atoms with Gasteiger partial charge in [-0.25, -0.2) is 9.37 Å². The smallest absolute Gasteiger partial charge is 0.255 e. The Morgan fingerprint density at radius 1 is 1.10 bits per heavy atom. The number of anilines is 3. The Morgan fingerprint density at radius 3 is 2.79 bits per heavy atom. The van der Waals surface area contributed by atoms with Crippen molar-refractivity contribution in [1.82, 2.24) is 9.97 Å². The molecule has 0 atom stereocenters. The van der Waals surface area contributed by atoms with E-state index in [9.17, 15) is 9.18 Å². The summed E-state index contributed by atoms with van der Waals surface area (Å²) in [6.07, 6.45) is 3.49. The number of carbonyl (C=O) groups is 1. The van der Waals surface area contributed by atoms with Crippen molar-refractivity contribution in [2.45, 2.75) is 6.92 Å². The van der Waals surface area contributed by atoms with Gasteiger partial charge in [-0.05, 0) is 55.0 Å². The summed E-state index contributed by atoms with van der Waals surface area (Å²) in [4.78, 5) is 21.1. The van der Waals surface area contributed by atoms with Crippen LogP contribution >= 0.6 is 11.3 Å². The number of rotatable bonds is 5. The number of nitrogens with zero attached hydrogens (tertiary/aromatic N) is 2. The van der Waals surface area contributed by atoms with Crippen molar-refractivity contribution in [3.8, 4) is 11.3 Å². The summed E-state index contributed by atoms with van der Waals surface area (Å²) in [5.74, 6) is -0.815. The fourth-order valence-electron chi connectivity index (χ4n) is 2.76. The van der Waals surface area contributed by atoms with Gasteiger partial charge in [0.25, 0.3) is 5.91 Å². The van der Waals surface area contributed by atoms with E-state index in [0.717, 1.165) is 27.6 Å². The highest BCUT2D eigenvalue weighted by molar-refractivity contribution is 7.14. The van der Waals surface area contributed by atoms with Crippen LogP contribution in [0.3, 0.4) is 0 Å². The Balaban J connectivity index is 1.52. The van der Waals surface area contributed by atoms with Crippen LogP contribution in [0.4, 0.5) is 20.9 Å². The average molecular weight is 404 g/mol. The lowest BCUT2D eigenvalue weighted by molar-refractivity contribution is 0.102. The number of hydrogen-bond donors (Lipinski definition) is 2. The number of halogens is 1. The van der Waals surface area contributed by atoms with Gasteiger partial charge in [-0.3, -0.25) is 9.78 Å². The second-order valence-electron chi connectivity index (χ2n) is 6.40. The van der Waals surface area contributed by atoms with Gasteiger partial charge in [0.1, 0.15) is 5.82 Å². The van der Waals surface area contributed by atoms with Crippen molar-refractivity contribution in [2.24, 2.45) is 0 Å². The van der Waals surface area contributed by atoms with Gasteiger partial charge in [0.2, 0.25) is 0 Å². The van der Waals surface area contributed by atoms with Crippen molar-refractivity contribution >= 4 is 33.8 Å². The molecule has 0 aliphatic rings. The zero-order valence-corrected chi connectivity index (χ0v) is 16.3. The molecule has 1 amide bonds. The maximum absolute atomic E-state index is 13.4. The second-order valence-corrected chi connectivity index (χ2v) is 7.26. The van der Waals surface area contributed by atoms with Gasteiger partial charge < -0.3 is 10.6 Å². The number of thiazole rings is 1. The fourth-order valence-corrected chi connectivity index (χ4v) is 3.49. The highest BCUT2D eigenvalue weighted by Crippen LogP contribution is 2.29. The molecule has 29 heavy (non-hydrogen) atoms. The summed E-state index contributed by atoms with van der Waals surface area (Å²) >= 11 is 1.49. The molecule has 0 saturated heterocycles. The molecular formula is C22H17FN4OS. The van der Waals surface area contributed by atoms with Gasteiger partial charge >= 0.3 is 0 Å². The number of pyridine rings is 1. The number of aryl methyl sites for hydroxylation is 1. The molecule has 0 saturated carbocycles. The van der Waals surface area contributed by atoms with E-state index in [1.54, 1.807) is 24.5 Å². The van der Waals surface area contributed by atoms with Gasteiger partial charge in [0, 0.05) is 40.3 Å². The summed E-state index contributed by atoms with van der Waals surface area (Å²) in [6.45, 7) is 1.97. The molecule has 2 aromatic heterocycles. The van der Waals surface area contributed by atoms with Crippen molar-refractivity contribution in [3.05, 3.63) is 89.3 Å². The van der Waals surface area contributed by atoms with Crippen LogP contribution in [0.5, 0.6) is 0 Å². The molecule has 0 aliphatic carbocycles. The molecule has 0 aliphatic heterocycles. The maximum atomic E-state index is 13.4. The molecular weight excluding hydrogens is 387 g/mol. The van der Waals surface area contributed by atoms with E-state index in [0.29, 0.717) is 5.69 Å². The molecule has 4 rings (SSSR count). The van der Waals surface area contributed by atoms with Crippen LogP contribution in [0.2, 0.25) is 0 Å². The van der Waals surface area contributed by atoms with E-state index in [2.05, 4.69) is 20.6 Å². The number of nitrogens with one attached hydrogen (secondary N) is 2. The van der Waals surface area contributed by atoms with Gasteiger partial charge in [-0.2, -0.15) is 0 Å². The molecule has 144 valence electrons. The first-order chi connectivity index (χ1) is 14.1. The van der Waals surface area contributed by atoms with E-state index < -0.39 is 5.82 Å². The van der Waals surface area contributed by atoms with Crippen LogP contribution in [0.1, 0.15) is 15.9 Å². The zero-order chi connectivity index (χ0) is 20.2. The van der Waals surface area contributed by atoms with Crippen LogP contribution in [0.15, 0.2) is 72.4 Å². The minimum Gasteiger partial charge on any atom is -0.331 e. The molecule has 2 N–H and O–H groups in total. The lowest BCUT2D eigenvalue weighted by Gasteiger charge is -2.11. The second kappa shape index (κ2) is 8.20. The minimum atomic E-state index is -0.447. The molecule has 5 nitrogen and oxygen atoms in total. The average Bonchev–Trinajstić information content (AvgIpc) is 3.20. The van der Waals surface area contributed by atoms with Crippen LogP contribution < -0.4 is 10.6 Å². The number of carbonyl (C=O) groups excluding carboxylic acids is 1. The zero-order valence-electron chi connectivity index (χ0n) is 15.5. The SMILES string of the molecule is Cc1ccc(NC(=O)c2cccc(F)c2)cc1Nc1nc(-c2cccnc2)cs1. The Morgan fingerprint density at radius 2 is 2.00 bits per heavy atom. The van der Waals surface area contributed by atoms with Gasteiger partial charge in [0.15, 0.2) is 5.13 Å². The van der Waals surface area contributed by atoms with Gasteiger partial charge in [0.05, 0.1) is 5.69 Å². The number of amides is 1. The molecule has 0 radical (unpaired) electrons. The Kier molecular flexibility index (Phi) is 5.31. The molecule has 0 spiro atoms. The first-order valence-corrected chi connectivity index (χ1v) is 9.77. The van der Waals surface area contributed by atoms with Crippen molar-refractivity contribution < 1.29 is 9.18 Å². The van der Waals surface area contributed by atoms with E-state index in [-0.39, 0.29) is 11.5 Å². The lowest BCUT2D eigenvalue weighted by atomic mass is 10.1. The molecule has 2 aromatic carbocycles. The third kappa shape index (κ3) is 4.47.